The highest BCUT2D eigenvalue weighted by Gasteiger charge is 2.36. The van der Waals surface area contributed by atoms with E-state index in [0.29, 0.717) is 16.9 Å². The number of carboxylic acids is 1. The molecule has 0 saturated heterocycles. The Balaban J connectivity index is 2.39. The van der Waals surface area contributed by atoms with E-state index in [1.54, 1.807) is 13.8 Å². The number of benzene rings is 1. The van der Waals surface area contributed by atoms with Gasteiger partial charge in [-0.05, 0) is 67.0 Å². The third-order valence-electron chi connectivity index (χ3n) is 6.17. The number of carboxylic acid groups (broad SMARTS) is 1. The molecule has 0 unspecified atom stereocenters. The lowest BCUT2D eigenvalue weighted by Crippen LogP contribution is -2.52. The normalized spacial score (nSPS) is 12.8. The Kier molecular flexibility index (Phi) is 9.07. The van der Waals surface area contributed by atoms with Crippen LogP contribution in [0.5, 0.6) is 5.75 Å². The summed E-state index contributed by atoms with van der Waals surface area (Å²) in [6.45, 7) is 13.4. The average Bonchev–Trinajstić information content (AvgIpc) is 3.18. The van der Waals surface area contributed by atoms with Crippen LogP contribution in [-0.2, 0) is 26.4 Å². The van der Waals surface area contributed by atoms with Crippen molar-refractivity contribution in [3.8, 4) is 5.75 Å². The quantitative estimate of drug-likeness (QED) is 0.340. The van der Waals surface area contributed by atoms with Crippen LogP contribution in [-0.4, -0.2) is 45.0 Å². The Bertz CT molecular complexity index is 1500. The van der Waals surface area contributed by atoms with Crippen molar-refractivity contribution in [2.45, 2.75) is 85.8 Å². The molecule has 1 atom stereocenters. The van der Waals surface area contributed by atoms with Gasteiger partial charge >= 0.3 is 17.6 Å². The number of aromatic nitrogens is 2. The molecule has 2 aromatic heterocycles. The fourth-order valence-corrected chi connectivity index (χ4v) is 5.50. The number of aryl methyl sites for hydroxylation is 1. The monoisotopic (exact) mass is 560 g/mol. The number of fused-ring (bicyclic) bond motifs is 1. The molecule has 0 aliphatic carbocycles. The topological polar surface area (TPSA) is 126 Å². The fourth-order valence-electron chi connectivity index (χ4n) is 4.30. The highest BCUT2D eigenvalue weighted by molar-refractivity contribution is 7.20. The molecule has 3 aromatic rings. The molecule has 0 amide bonds. The van der Waals surface area contributed by atoms with Crippen LogP contribution in [0.15, 0.2) is 33.9 Å². The van der Waals surface area contributed by atoms with E-state index in [1.807, 2.05) is 52.0 Å². The van der Waals surface area contributed by atoms with Crippen molar-refractivity contribution in [1.29, 1.82) is 0 Å². The summed E-state index contributed by atoms with van der Waals surface area (Å²) in [6, 6.07) is 7.32. The molecule has 1 N–H and O–H groups in total. The number of para-hydroxylation sites is 1. The number of carbonyl (C=O) groups is 2. The van der Waals surface area contributed by atoms with E-state index in [4.69, 9.17) is 14.2 Å². The Labute approximate surface area is 230 Å². The van der Waals surface area contributed by atoms with Gasteiger partial charge in [0.1, 0.15) is 27.1 Å². The second-order valence-electron chi connectivity index (χ2n) is 10.2. The van der Waals surface area contributed by atoms with Crippen LogP contribution in [0.25, 0.3) is 10.2 Å². The Morgan fingerprint density at radius 1 is 1.08 bits per heavy atom. The van der Waals surface area contributed by atoms with Crippen LogP contribution in [0.2, 0.25) is 0 Å². The van der Waals surface area contributed by atoms with Gasteiger partial charge in [0.15, 0.2) is 0 Å². The minimum atomic E-state index is -1.87. The second kappa shape index (κ2) is 11.7. The molecule has 0 aliphatic heterocycles. The standard InChI is InChI=1S/C28H36N2O8S/c1-9-36-25(32)22-17(6)21-23(31)30(28(7,8)26(33)34)27(35)29(24(21)39-22)14-20(38-16(4)5)18-12-10-11-13-19(18)37-15(2)3/h10-13,15-16,20H,9,14H2,1-8H3,(H,33,34)/t20-/m0/s1. The maximum Gasteiger partial charge on any atom is 0.348 e. The van der Waals surface area contributed by atoms with Crippen LogP contribution in [0.4, 0.5) is 0 Å². The Morgan fingerprint density at radius 3 is 2.28 bits per heavy atom. The predicted octanol–water partition coefficient (Wildman–Crippen LogP) is 4.48. The molecular formula is C28H36N2O8S. The lowest BCUT2D eigenvalue weighted by atomic mass is 10.0. The van der Waals surface area contributed by atoms with Crippen molar-refractivity contribution in [3.05, 3.63) is 61.1 Å². The predicted molar refractivity (Wildman–Crippen MR) is 149 cm³/mol. The molecule has 0 aliphatic rings. The summed E-state index contributed by atoms with van der Waals surface area (Å²) in [5.41, 5.74) is -2.46. The number of rotatable bonds is 11. The number of thiophene rings is 1. The first-order valence-corrected chi connectivity index (χ1v) is 13.6. The molecule has 0 fully saturated rings. The molecule has 11 heteroatoms. The third kappa shape index (κ3) is 5.94. The van der Waals surface area contributed by atoms with Gasteiger partial charge in [-0.3, -0.25) is 9.36 Å². The van der Waals surface area contributed by atoms with Crippen molar-refractivity contribution in [2.24, 2.45) is 0 Å². The zero-order valence-corrected chi connectivity index (χ0v) is 24.4. The number of aliphatic carboxylic acids is 1. The molecule has 1 aromatic carbocycles. The molecule has 2 heterocycles. The first-order chi connectivity index (χ1) is 18.2. The second-order valence-corrected chi connectivity index (χ2v) is 11.2. The van der Waals surface area contributed by atoms with E-state index in [1.165, 1.54) is 18.4 Å². The molecule has 0 spiro atoms. The van der Waals surface area contributed by atoms with Gasteiger partial charge < -0.3 is 19.3 Å². The Hall–Kier alpha value is -3.44. The van der Waals surface area contributed by atoms with Gasteiger partial charge in [-0.1, -0.05) is 18.2 Å². The summed E-state index contributed by atoms with van der Waals surface area (Å²) in [5, 5.41) is 10.0. The highest BCUT2D eigenvalue weighted by Crippen LogP contribution is 2.34. The number of ether oxygens (including phenoxy) is 3. The van der Waals surface area contributed by atoms with Gasteiger partial charge in [-0.25, -0.2) is 19.0 Å². The third-order valence-corrected chi connectivity index (χ3v) is 7.46. The lowest BCUT2D eigenvalue weighted by molar-refractivity contribution is -0.146. The molecule has 0 saturated carbocycles. The largest absolute Gasteiger partial charge is 0.491 e. The summed E-state index contributed by atoms with van der Waals surface area (Å²) < 4.78 is 19.5. The first-order valence-electron chi connectivity index (χ1n) is 12.8. The van der Waals surface area contributed by atoms with E-state index in [0.717, 1.165) is 15.9 Å². The zero-order valence-electron chi connectivity index (χ0n) is 23.6. The maximum absolute atomic E-state index is 14.0. The molecule has 10 nitrogen and oxygen atoms in total. The molecule has 0 radical (unpaired) electrons. The van der Waals surface area contributed by atoms with Crippen LogP contribution >= 0.6 is 11.3 Å². The van der Waals surface area contributed by atoms with Crippen molar-refractivity contribution in [3.63, 3.8) is 0 Å². The molecule has 0 bridgehead atoms. The summed E-state index contributed by atoms with van der Waals surface area (Å²) in [6.07, 6.45) is -1.06. The fraction of sp³-hybridized carbons (Fsp3) is 0.500. The zero-order chi connectivity index (χ0) is 29.2. The first kappa shape index (κ1) is 30.1. The SMILES string of the molecule is CCOC(=O)c1sc2c(c1C)c(=O)n(C(C)(C)C(=O)O)c(=O)n2C[C@H](OC(C)C)c1ccccc1OC(C)C. The van der Waals surface area contributed by atoms with E-state index < -0.39 is 34.8 Å². The summed E-state index contributed by atoms with van der Waals surface area (Å²) in [7, 11) is 0. The van der Waals surface area contributed by atoms with Gasteiger partial charge in [-0.2, -0.15) is 0 Å². The van der Waals surface area contributed by atoms with Crippen molar-refractivity contribution >= 4 is 33.5 Å². The van der Waals surface area contributed by atoms with E-state index in [2.05, 4.69) is 0 Å². The van der Waals surface area contributed by atoms with Gasteiger partial charge in [0, 0.05) is 5.56 Å². The smallest absolute Gasteiger partial charge is 0.348 e. The van der Waals surface area contributed by atoms with Crippen LogP contribution < -0.4 is 16.0 Å². The van der Waals surface area contributed by atoms with Gasteiger partial charge in [0.2, 0.25) is 0 Å². The van der Waals surface area contributed by atoms with E-state index in [9.17, 15) is 24.3 Å². The van der Waals surface area contributed by atoms with Crippen molar-refractivity contribution in [1.82, 2.24) is 9.13 Å². The van der Waals surface area contributed by atoms with Crippen molar-refractivity contribution in [2.75, 3.05) is 6.61 Å². The van der Waals surface area contributed by atoms with Gasteiger partial charge in [-0.15, -0.1) is 11.3 Å². The minimum absolute atomic E-state index is 0.0653. The number of nitrogens with zero attached hydrogens (tertiary/aromatic N) is 2. The molecular weight excluding hydrogens is 524 g/mol. The number of esters is 1. The van der Waals surface area contributed by atoms with Crippen molar-refractivity contribution < 1.29 is 28.9 Å². The van der Waals surface area contributed by atoms with Crippen LogP contribution in [0, 0.1) is 6.92 Å². The van der Waals surface area contributed by atoms with E-state index >= 15 is 0 Å². The number of carbonyl (C=O) groups excluding carboxylic acids is 1. The highest BCUT2D eigenvalue weighted by atomic mass is 32.1. The Morgan fingerprint density at radius 2 is 1.72 bits per heavy atom. The van der Waals surface area contributed by atoms with E-state index in [-0.39, 0.29) is 40.5 Å². The summed E-state index contributed by atoms with van der Waals surface area (Å²) >= 11 is 0.966. The maximum atomic E-state index is 14.0. The molecule has 3 rings (SSSR count). The van der Waals surface area contributed by atoms with Gasteiger partial charge in [0.05, 0.1) is 30.7 Å². The lowest BCUT2D eigenvalue weighted by Gasteiger charge is -2.27. The molecule has 212 valence electrons. The average molecular weight is 561 g/mol. The molecule has 39 heavy (non-hydrogen) atoms. The van der Waals surface area contributed by atoms with Crippen LogP contribution in [0.1, 0.15) is 75.4 Å². The minimum Gasteiger partial charge on any atom is -0.491 e. The number of hydrogen-bond acceptors (Lipinski definition) is 8. The van der Waals surface area contributed by atoms with Crippen LogP contribution in [0.3, 0.4) is 0 Å². The summed E-state index contributed by atoms with van der Waals surface area (Å²) in [5.74, 6) is -1.39. The van der Waals surface area contributed by atoms with Gasteiger partial charge in [0.25, 0.3) is 5.56 Å². The summed E-state index contributed by atoms with van der Waals surface area (Å²) in [4.78, 5) is 52.9. The number of hydrogen-bond donors (Lipinski definition) is 1.